The first-order chi connectivity index (χ1) is 47.4. The quantitative estimate of drug-likeness (QED) is 0.0169. The van der Waals surface area contributed by atoms with Crippen LogP contribution in [0.3, 0.4) is 0 Å². The van der Waals surface area contributed by atoms with Gasteiger partial charge in [0.25, 0.3) is 0 Å². The van der Waals surface area contributed by atoms with Gasteiger partial charge in [-0.2, -0.15) is 0 Å². The predicted octanol–water partition coefficient (Wildman–Crippen LogP) is 22.6. The van der Waals surface area contributed by atoms with Gasteiger partial charge >= 0.3 is 39.5 Å². The summed E-state index contributed by atoms with van der Waals surface area (Å²) in [5, 5.41) is 10.6. The molecular weight excluding hydrogens is 1280 g/mol. The second-order valence-corrected chi connectivity index (χ2v) is 30.9. The molecule has 0 saturated carbocycles. The molecule has 0 aliphatic rings. The molecule has 17 nitrogen and oxygen atoms in total. The van der Waals surface area contributed by atoms with Gasteiger partial charge < -0.3 is 33.8 Å². The molecule has 0 saturated heterocycles. The molecule has 0 spiro atoms. The Hall–Kier alpha value is -2.98. The van der Waals surface area contributed by atoms with Crippen molar-refractivity contribution in [3.63, 3.8) is 0 Å². The van der Waals surface area contributed by atoms with E-state index in [1.165, 1.54) is 141 Å². The fourth-order valence-corrected chi connectivity index (χ4v) is 12.7. The van der Waals surface area contributed by atoms with Crippen molar-refractivity contribution in [1.82, 2.24) is 0 Å². The summed E-state index contributed by atoms with van der Waals surface area (Å²) in [6, 6.07) is 0. The number of phosphoric acid groups is 2. The van der Waals surface area contributed by atoms with Gasteiger partial charge in [-0.05, 0) is 88.9 Å². The highest BCUT2D eigenvalue weighted by Crippen LogP contribution is 2.45. The third-order valence-corrected chi connectivity index (χ3v) is 19.1. The fourth-order valence-electron chi connectivity index (χ4n) is 11.1. The van der Waals surface area contributed by atoms with E-state index in [9.17, 15) is 43.2 Å². The first-order valence-corrected chi connectivity index (χ1v) is 42.6. The van der Waals surface area contributed by atoms with E-state index in [0.717, 1.165) is 134 Å². The maximum Gasteiger partial charge on any atom is 0.472 e. The van der Waals surface area contributed by atoms with Gasteiger partial charge in [-0.1, -0.05) is 308 Å². The van der Waals surface area contributed by atoms with Crippen molar-refractivity contribution in [2.45, 2.75) is 381 Å². The van der Waals surface area contributed by atoms with Gasteiger partial charge in [0.2, 0.25) is 0 Å². The van der Waals surface area contributed by atoms with Gasteiger partial charge in [0.05, 0.1) is 26.4 Å². The molecule has 0 bridgehead atoms. The lowest BCUT2D eigenvalue weighted by atomic mass is 10.0. The lowest BCUT2D eigenvalue weighted by Gasteiger charge is -2.21. The van der Waals surface area contributed by atoms with Crippen LogP contribution in [-0.4, -0.2) is 96.7 Å². The minimum Gasteiger partial charge on any atom is -0.462 e. The molecule has 0 amide bonds. The van der Waals surface area contributed by atoms with Gasteiger partial charge in [-0.25, -0.2) is 9.13 Å². The monoisotopic (exact) mass is 1430 g/mol. The molecule has 0 heterocycles. The summed E-state index contributed by atoms with van der Waals surface area (Å²) in [6.07, 6.45) is 64.1. The van der Waals surface area contributed by atoms with Crippen molar-refractivity contribution in [3.05, 3.63) is 48.6 Å². The molecule has 0 fully saturated rings. The van der Waals surface area contributed by atoms with E-state index in [2.05, 4.69) is 90.2 Å². The number of aliphatic hydroxyl groups is 1. The summed E-state index contributed by atoms with van der Waals surface area (Å²) < 4.78 is 68.5. The second-order valence-electron chi connectivity index (χ2n) is 28.0. The number of esters is 4. The molecular formula is C79H146O17P2. The van der Waals surface area contributed by atoms with Crippen molar-refractivity contribution in [1.29, 1.82) is 0 Å². The highest BCUT2D eigenvalue weighted by molar-refractivity contribution is 7.47. The van der Waals surface area contributed by atoms with Gasteiger partial charge in [0.1, 0.15) is 19.3 Å². The van der Waals surface area contributed by atoms with Crippen LogP contribution in [0, 0.1) is 11.8 Å². The Kier molecular flexibility index (Phi) is 67.6. The first-order valence-electron chi connectivity index (χ1n) is 39.6. The van der Waals surface area contributed by atoms with Gasteiger partial charge in [0.15, 0.2) is 12.2 Å². The van der Waals surface area contributed by atoms with Crippen LogP contribution in [-0.2, 0) is 65.4 Å². The largest absolute Gasteiger partial charge is 0.472 e. The number of phosphoric ester groups is 2. The van der Waals surface area contributed by atoms with Crippen LogP contribution < -0.4 is 0 Å². The van der Waals surface area contributed by atoms with Gasteiger partial charge in [-0.15, -0.1) is 0 Å². The average Bonchev–Trinajstić information content (AvgIpc) is 0.965. The second kappa shape index (κ2) is 69.7. The number of carbonyl (C=O) groups excluding carboxylic acids is 4. The van der Waals surface area contributed by atoms with Crippen LogP contribution in [0.15, 0.2) is 48.6 Å². The molecule has 3 unspecified atom stereocenters. The van der Waals surface area contributed by atoms with Crippen molar-refractivity contribution < 1.29 is 80.2 Å². The highest BCUT2D eigenvalue weighted by atomic mass is 31.2. The van der Waals surface area contributed by atoms with Crippen LogP contribution in [0.5, 0.6) is 0 Å². The number of carbonyl (C=O) groups is 4. The molecule has 0 aromatic rings. The van der Waals surface area contributed by atoms with E-state index >= 15 is 0 Å². The summed E-state index contributed by atoms with van der Waals surface area (Å²) >= 11 is 0. The topological polar surface area (TPSA) is 237 Å². The predicted molar refractivity (Wildman–Crippen MR) is 400 cm³/mol. The van der Waals surface area contributed by atoms with Crippen LogP contribution in [0.2, 0.25) is 0 Å². The van der Waals surface area contributed by atoms with Gasteiger partial charge in [-0.3, -0.25) is 37.3 Å². The van der Waals surface area contributed by atoms with E-state index in [4.69, 9.17) is 37.0 Å². The molecule has 0 aliphatic heterocycles. The van der Waals surface area contributed by atoms with E-state index in [-0.39, 0.29) is 25.7 Å². The Morgan fingerprint density at radius 1 is 0.316 bits per heavy atom. The first kappa shape index (κ1) is 95.0. The number of hydrogen-bond acceptors (Lipinski definition) is 15. The van der Waals surface area contributed by atoms with E-state index in [1.54, 1.807) is 0 Å². The lowest BCUT2D eigenvalue weighted by Crippen LogP contribution is -2.30. The molecule has 574 valence electrons. The molecule has 98 heavy (non-hydrogen) atoms. The lowest BCUT2D eigenvalue weighted by molar-refractivity contribution is -0.161. The van der Waals surface area contributed by atoms with Crippen molar-refractivity contribution in [2.24, 2.45) is 11.8 Å². The van der Waals surface area contributed by atoms with Crippen molar-refractivity contribution in [2.75, 3.05) is 39.6 Å². The van der Waals surface area contributed by atoms with E-state index < -0.39 is 97.5 Å². The Balaban J connectivity index is 5.30. The number of allylic oxidation sites excluding steroid dienone is 8. The Morgan fingerprint density at radius 2 is 0.551 bits per heavy atom. The molecule has 5 atom stereocenters. The molecule has 0 aromatic carbocycles. The fraction of sp³-hybridized carbons (Fsp3) is 0.848. The summed E-state index contributed by atoms with van der Waals surface area (Å²) in [6.45, 7) is 9.45. The van der Waals surface area contributed by atoms with Crippen LogP contribution >= 0.6 is 15.6 Å². The molecule has 0 aromatic heterocycles. The zero-order valence-electron chi connectivity index (χ0n) is 63.1. The number of ether oxygens (including phenoxy) is 4. The molecule has 3 N–H and O–H groups in total. The minimum absolute atomic E-state index is 0.0780. The minimum atomic E-state index is -4.97. The van der Waals surface area contributed by atoms with Crippen LogP contribution in [0.1, 0.15) is 363 Å². The summed E-state index contributed by atoms with van der Waals surface area (Å²) in [5.41, 5.74) is 0. The number of aliphatic hydroxyl groups excluding tert-OH is 1. The molecule has 0 aliphatic carbocycles. The SMILES string of the molecule is CCCCCC/C=C\C=C/CCCCCCCC(=O)OC[C@H](COP(=O)(O)OCC(O)COP(=O)(O)OC[C@@H](COC(=O)CCCCCCCCCC(C)C)OC(=O)CCCCCCCCCCCCCCCCCC(C)C)OC(=O)CCCCCCC/C=C\C=C/CCCCCC. The number of rotatable bonds is 74. The Bertz CT molecular complexity index is 2080. The highest BCUT2D eigenvalue weighted by Gasteiger charge is 2.30. The van der Waals surface area contributed by atoms with Crippen LogP contribution in [0.4, 0.5) is 0 Å². The van der Waals surface area contributed by atoms with Crippen LogP contribution in [0.25, 0.3) is 0 Å². The third-order valence-electron chi connectivity index (χ3n) is 17.2. The smallest absolute Gasteiger partial charge is 0.462 e. The molecule has 0 radical (unpaired) electrons. The standard InChI is InChI=1S/C79H146O17P2/c1-7-9-11-13-15-17-19-21-24-29-33-37-43-49-55-61-76(81)89-67-74(95-78(83)63-57-51-44-38-34-30-25-22-20-18-16-14-12-10-8-2)69-93-97(85,86)91-65-73(80)66-92-98(87,88)94-70-75(68-90-77(82)62-56-50-46-40-42-48-54-60-72(5)6)96-79(84)64-58-52-45-39-35-31-27-23-26-28-32-36-41-47-53-59-71(3)4/h17-22,24-25,71-75,80H,7-16,23,26-70H2,1-6H3,(H,85,86)(H,87,88)/b19-17-,20-18-,24-21-,25-22-/t73?,74-,75-/m1/s1. The normalized spacial score (nSPS) is 14.3. The van der Waals surface area contributed by atoms with E-state index in [0.29, 0.717) is 31.6 Å². The Labute approximate surface area is 597 Å². The number of unbranched alkanes of at least 4 members (excludes halogenated alkanes) is 38. The number of hydrogen-bond donors (Lipinski definition) is 3. The zero-order valence-corrected chi connectivity index (χ0v) is 64.8. The maximum atomic E-state index is 13.1. The summed E-state index contributed by atoms with van der Waals surface area (Å²) in [7, 11) is -9.94. The maximum absolute atomic E-state index is 13.1. The average molecular weight is 1430 g/mol. The summed E-state index contributed by atoms with van der Waals surface area (Å²) in [4.78, 5) is 72.9. The van der Waals surface area contributed by atoms with Gasteiger partial charge in [0, 0.05) is 25.7 Å². The Morgan fingerprint density at radius 3 is 0.827 bits per heavy atom. The molecule has 19 heteroatoms. The van der Waals surface area contributed by atoms with Crippen molar-refractivity contribution in [3.8, 4) is 0 Å². The molecule has 0 rings (SSSR count). The third kappa shape index (κ3) is 71.4. The summed E-state index contributed by atoms with van der Waals surface area (Å²) in [5.74, 6) is -0.672. The zero-order chi connectivity index (χ0) is 72.1. The van der Waals surface area contributed by atoms with Crippen molar-refractivity contribution >= 4 is 39.5 Å². The van der Waals surface area contributed by atoms with E-state index in [1.807, 2.05) is 0 Å².